The third-order valence-corrected chi connectivity index (χ3v) is 4.50. The van der Waals surface area contributed by atoms with Crippen LogP contribution < -0.4 is 0 Å². The number of aromatic nitrogens is 1. The van der Waals surface area contributed by atoms with E-state index in [1.807, 2.05) is 18.2 Å². The molecule has 3 heteroatoms. The highest BCUT2D eigenvalue weighted by Gasteiger charge is 2.21. The largest absolute Gasteiger partial charge is 0.457 e. The standard InChI is InChI=1S/C20H19NO2/c1-20(2,3)15-4-7-18-13(10-15)8-9-21(18)16-5-6-17-14(11-16)12-23-19(17)22/h4-11H,12H2,1-3H3. The highest BCUT2D eigenvalue weighted by atomic mass is 16.5. The Labute approximate surface area is 135 Å². The summed E-state index contributed by atoms with van der Waals surface area (Å²) in [5, 5.41) is 1.23. The van der Waals surface area contributed by atoms with Crippen LogP contribution >= 0.6 is 0 Å². The molecule has 0 saturated carbocycles. The summed E-state index contributed by atoms with van der Waals surface area (Å²) in [6.07, 6.45) is 2.08. The highest BCUT2D eigenvalue weighted by molar-refractivity contribution is 5.93. The fraction of sp³-hybridized carbons (Fsp3) is 0.250. The Morgan fingerprint density at radius 2 is 1.87 bits per heavy atom. The molecule has 0 aliphatic carbocycles. The van der Waals surface area contributed by atoms with Crippen molar-refractivity contribution in [3.05, 3.63) is 65.4 Å². The number of nitrogens with zero attached hydrogens (tertiary/aromatic N) is 1. The van der Waals surface area contributed by atoms with Crippen LogP contribution in [0.25, 0.3) is 16.6 Å². The Kier molecular flexibility index (Phi) is 2.89. The van der Waals surface area contributed by atoms with Gasteiger partial charge in [0, 0.05) is 22.8 Å². The van der Waals surface area contributed by atoms with E-state index in [4.69, 9.17) is 4.74 Å². The Balaban J connectivity index is 1.83. The fourth-order valence-corrected chi connectivity index (χ4v) is 3.10. The van der Waals surface area contributed by atoms with Crippen molar-refractivity contribution in [3.8, 4) is 5.69 Å². The van der Waals surface area contributed by atoms with E-state index in [1.165, 1.54) is 16.5 Å². The number of esters is 1. The van der Waals surface area contributed by atoms with Crippen LogP contribution in [0.4, 0.5) is 0 Å². The van der Waals surface area contributed by atoms with E-state index >= 15 is 0 Å². The van der Waals surface area contributed by atoms with Crippen molar-refractivity contribution >= 4 is 16.9 Å². The van der Waals surface area contributed by atoms with Crippen LogP contribution in [-0.4, -0.2) is 10.5 Å². The fourth-order valence-electron chi connectivity index (χ4n) is 3.10. The van der Waals surface area contributed by atoms with Gasteiger partial charge in [-0.15, -0.1) is 0 Å². The first-order valence-electron chi connectivity index (χ1n) is 7.85. The molecule has 2 aromatic carbocycles. The van der Waals surface area contributed by atoms with Crippen molar-refractivity contribution in [2.24, 2.45) is 0 Å². The van der Waals surface area contributed by atoms with Gasteiger partial charge in [-0.1, -0.05) is 26.8 Å². The van der Waals surface area contributed by atoms with Crippen LogP contribution in [0.3, 0.4) is 0 Å². The number of cyclic esters (lactones) is 1. The molecule has 0 amide bonds. The maximum atomic E-state index is 11.6. The maximum Gasteiger partial charge on any atom is 0.338 e. The number of hydrogen-bond acceptors (Lipinski definition) is 2. The van der Waals surface area contributed by atoms with Gasteiger partial charge in [0.1, 0.15) is 6.61 Å². The molecule has 2 heterocycles. The number of carbonyl (C=O) groups excluding carboxylic acids is 1. The first-order valence-corrected chi connectivity index (χ1v) is 7.85. The average Bonchev–Trinajstić information content (AvgIpc) is 3.09. The highest BCUT2D eigenvalue weighted by Crippen LogP contribution is 2.29. The summed E-state index contributed by atoms with van der Waals surface area (Å²) >= 11 is 0. The summed E-state index contributed by atoms with van der Waals surface area (Å²) in [6.45, 7) is 7.05. The summed E-state index contributed by atoms with van der Waals surface area (Å²) in [6, 6.07) is 14.6. The minimum absolute atomic E-state index is 0.140. The zero-order chi connectivity index (χ0) is 16.2. The Hall–Kier alpha value is -2.55. The average molecular weight is 305 g/mol. The third-order valence-electron chi connectivity index (χ3n) is 4.50. The number of fused-ring (bicyclic) bond motifs is 2. The number of hydrogen-bond donors (Lipinski definition) is 0. The molecule has 0 spiro atoms. The second-order valence-electron chi connectivity index (χ2n) is 7.13. The summed E-state index contributed by atoms with van der Waals surface area (Å²) in [5.41, 5.74) is 5.34. The molecule has 0 saturated heterocycles. The molecule has 0 fully saturated rings. The minimum atomic E-state index is -0.223. The van der Waals surface area contributed by atoms with Crippen molar-refractivity contribution in [3.63, 3.8) is 0 Å². The second kappa shape index (κ2) is 4.72. The van der Waals surface area contributed by atoms with Crippen LogP contribution in [-0.2, 0) is 16.8 Å². The van der Waals surface area contributed by atoms with Crippen LogP contribution in [0.1, 0.15) is 42.3 Å². The number of ether oxygens (including phenoxy) is 1. The van der Waals surface area contributed by atoms with Gasteiger partial charge in [0.25, 0.3) is 0 Å². The zero-order valence-corrected chi connectivity index (χ0v) is 13.6. The SMILES string of the molecule is CC(C)(C)c1ccc2c(ccn2-c2ccc3c(c2)COC3=O)c1. The molecular formula is C20H19NO2. The second-order valence-corrected chi connectivity index (χ2v) is 7.13. The van der Waals surface area contributed by atoms with E-state index < -0.39 is 0 Å². The van der Waals surface area contributed by atoms with Gasteiger partial charge in [0.15, 0.2) is 0 Å². The van der Waals surface area contributed by atoms with Crippen molar-refractivity contribution < 1.29 is 9.53 Å². The van der Waals surface area contributed by atoms with Gasteiger partial charge < -0.3 is 9.30 Å². The quantitative estimate of drug-likeness (QED) is 0.615. The van der Waals surface area contributed by atoms with Crippen LogP contribution in [0.5, 0.6) is 0 Å². The number of benzene rings is 2. The molecule has 4 rings (SSSR count). The first kappa shape index (κ1) is 14.1. The van der Waals surface area contributed by atoms with Crippen LogP contribution in [0.2, 0.25) is 0 Å². The zero-order valence-electron chi connectivity index (χ0n) is 13.6. The van der Waals surface area contributed by atoms with E-state index in [1.54, 1.807) is 0 Å². The van der Waals surface area contributed by atoms with Crippen molar-refractivity contribution in [1.82, 2.24) is 4.57 Å². The minimum Gasteiger partial charge on any atom is -0.457 e. The first-order chi connectivity index (χ1) is 10.9. The number of rotatable bonds is 1. The maximum absolute atomic E-state index is 11.6. The van der Waals surface area contributed by atoms with Crippen LogP contribution in [0, 0.1) is 0 Å². The Bertz CT molecular complexity index is 928. The lowest BCUT2D eigenvalue weighted by atomic mass is 9.86. The molecule has 0 atom stereocenters. The molecule has 0 N–H and O–H groups in total. The molecule has 0 bridgehead atoms. The smallest absolute Gasteiger partial charge is 0.338 e. The Morgan fingerprint density at radius 1 is 1.04 bits per heavy atom. The predicted octanol–water partition coefficient (Wildman–Crippen LogP) is 4.60. The molecule has 3 nitrogen and oxygen atoms in total. The van der Waals surface area contributed by atoms with Gasteiger partial charge in [-0.05, 0) is 47.4 Å². The van der Waals surface area contributed by atoms with Gasteiger partial charge in [-0.2, -0.15) is 0 Å². The van der Waals surface area contributed by atoms with E-state index in [0.717, 1.165) is 11.3 Å². The molecule has 3 aromatic rings. The topological polar surface area (TPSA) is 31.2 Å². The summed E-state index contributed by atoms with van der Waals surface area (Å²) in [4.78, 5) is 11.6. The number of carbonyl (C=O) groups is 1. The van der Waals surface area contributed by atoms with Gasteiger partial charge >= 0.3 is 5.97 Å². The molecule has 1 aliphatic heterocycles. The molecule has 23 heavy (non-hydrogen) atoms. The summed E-state index contributed by atoms with van der Waals surface area (Å²) in [5.74, 6) is -0.223. The molecule has 1 aromatic heterocycles. The van der Waals surface area contributed by atoms with E-state index in [-0.39, 0.29) is 11.4 Å². The molecule has 0 unspecified atom stereocenters. The molecule has 116 valence electrons. The van der Waals surface area contributed by atoms with Gasteiger partial charge in [0.2, 0.25) is 0 Å². The van der Waals surface area contributed by atoms with Crippen LogP contribution in [0.15, 0.2) is 48.7 Å². The Morgan fingerprint density at radius 3 is 2.65 bits per heavy atom. The molecule has 0 radical (unpaired) electrons. The summed E-state index contributed by atoms with van der Waals surface area (Å²) < 4.78 is 7.25. The monoisotopic (exact) mass is 305 g/mol. The predicted molar refractivity (Wildman–Crippen MR) is 91.1 cm³/mol. The summed E-state index contributed by atoms with van der Waals surface area (Å²) in [7, 11) is 0. The van der Waals surface area contributed by atoms with E-state index in [0.29, 0.717) is 12.2 Å². The lowest BCUT2D eigenvalue weighted by Crippen LogP contribution is -2.10. The normalized spacial score (nSPS) is 14.1. The lowest BCUT2D eigenvalue weighted by molar-refractivity contribution is 0.0535. The lowest BCUT2D eigenvalue weighted by Gasteiger charge is -2.19. The van der Waals surface area contributed by atoms with Crippen molar-refractivity contribution in [2.45, 2.75) is 32.8 Å². The van der Waals surface area contributed by atoms with Gasteiger partial charge in [-0.25, -0.2) is 4.79 Å². The third kappa shape index (κ3) is 2.24. The van der Waals surface area contributed by atoms with Gasteiger partial charge in [0.05, 0.1) is 11.1 Å². The van der Waals surface area contributed by atoms with E-state index in [2.05, 4.69) is 55.8 Å². The molecular weight excluding hydrogens is 286 g/mol. The van der Waals surface area contributed by atoms with Gasteiger partial charge in [-0.3, -0.25) is 0 Å². The van der Waals surface area contributed by atoms with E-state index in [9.17, 15) is 4.79 Å². The van der Waals surface area contributed by atoms with Crippen molar-refractivity contribution in [1.29, 1.82) is 0 Å². The van der Waals surface area contributed by atoms with Crippen molar-refractivity contribution in [2.75, 3.05) is 0 Å². The molecule has 1 aliphatic rings.